The van der Waals surface area contributed by atoms with Crippen LogP contribution in [0.2, 0.25) is 0 Å². The molecule has 0 aromatic heterocycles. The molecule has 0 aromatic rings. The van der Waals surface area contributed by atoms with Gasteiger partial charge in [0.1, 0.15) is 48.8 Å². The van der Waals surface area contributed by atoms with E-state index in [9.17, 15) is 45.6 Å². The lowest BCUT2D eigenvalue weighted by Gasteiger charge is -2.46. The van der Waals surface area contributed by atoms with Gasteiger partial charge in [0.25, 0.3) is 0 Å². The van der Waals surface area contributed by atoms with Crippen molar-refractivity contribution in [1.82, 2.24) is 5.32 Å². The van der Waals surface area contributed by atoms with Crippen LogP contribution < -0.4 is 5.32 Å². The Labute approximate surface area is 434 Å². The second-order valence-electron chi connectivity index (χ2n) is 19.7. The van der Waals surface area contributed by atoms with Crippen molar-refractivity contribution in [2.75, 3.05) is 19.8 Å². The molecule has 0 bridgehead atoms. The van der Waals surface area contributed by atoms with Crippen molar-refractivity contribution in [2.45, 2.75) is 267 Å². The summed E-state index contributed by atoms with van der Waals surface area (Å²) < 4.78 is 22.7. The molecule has 2 fully saturated rings. The van der Waals surface area contributed by atoms with Crippen LogP contribution in [0.4, 0.5) is 0 Å². The summed E-state index contributed by atoms with van der Waals surface area (Å²) in [5.41, 5.74) is 0. The third-order valence-corrected chi connectivity index (χ3v) is 13.3. The fourth-order valence-corrected chi connectivity index (χ4v) is 8.74. The topological polar surface area (TPSA) is 228 Å². The Balaban J connectivity index is 1.84. The maximum Gasteiger partial charge on any atom is 0.220 e. The van der Waals surface area contributed by atoms with E-state index in [4.69, 9.17) is 18.9 Å². The highest BCUT2D eigenvalue weighted by molar-refractivity contribution is 5.76. The highest BCUT2D eigenvalue weighted by Crippen LogP contribution is 2.30. The SMILES string of the molecule is CCCCC/C=C\C/C=C\C/C=C\CCCCCCCCC(=O)NC(COC1OC(CO)C(OC2OC(CO)C(O)C(O)C2O)C(O)C1O)C(O)/C=C/CC/C=C/CC/C=C/CCCCCCCCCCC. The zero-order chi connectivity index (χ0) is 52.4. The first-order valence-electron chi connectivity index (χ1n) is 28.2. The molecular weight excluding hydrogens is 919 g/mol. The van der Waals surface area contributed by atoms with Gasteiger partial charge in [0.15, 0.2) is 12.6 Å². The molecule has 0 aliphatic carbocycles. The van der Waals surface area contributed by atoms with E-state index in [1.165, 1.54) is 83.5 Å². The van der Waals surface area contributed by atoms with Crippen LogP contribution in [0.25, 0.3) is 0 Å². The molecule has 9 N–H and O–H groups in total. The number of ether oxygens (including phenoxy) is 4. The van der Waals surface area contributed by atoms with E-state index in [1.807, 2.05) is 6.08 Å². The molecule has 0 radical (unpaired) electrons. The van der Waals surface area contributed by atoms with Crippen LogP contribution in [-0.2, 0) is 23.7 Å². The minimum atomic E-state index is -1.80. The van der Waals surface area contributed by atoms with Crippen molar-refractivity contribution in [3.8, 4) is 0 Å². The van der Waals surface area contributed by atoms with Crippen LogP contribution in [0.3, 0.4) is 0 Å². The smallest absolute Gasteiger partial charge is 0.220 e. The van der Waals surface area contributed by atoms with Gasteiger partial charge in [0, 0.05) is 6.42 Å². The summed E-state index contributed by atoms with van der Waals surface area (Å²) in [6, 6.07) is -0.948. The van der Waals surface area contributed by atoms with Crippen LogP contribution >= 0.6 is 0 Å². The molecule has 14 nitrogen and oxygen atoms in total. The van der Waals surface area contributed by atoms with Crippen LogP contribution in [0, 0.1) is 0 Å². The largest absolute Gasteiger partial charge is 0.394 e. The Hall–Kier alpha value is -2.57. The Morgan fingerprint density at radius 1 is 0.500 bits per heavy atom. The molecule has 416 valence electrons. The van der Waals surface area contributed by atoms with Crippen molar-refractivity contribution in [3.63, 3.8) is 0 Å². The van der Waals surface area contributed by atoms with E-state index in [0.717, 1.165) is 77.0 Å². The first-order valence-corrected chi connectivity index (χ1v) is 28.2. The number of unbranched alkanes of at least 4 members (excludes halogenated alkanes) is 20. The maximum absolute atomic E-state index is 13.2. The van der Waals surface area contributed by atoms with Gasteiger partial charge < -0.3 is 65.1 Å². The van der Waals surface area contributed by atoms with Gasteiger partial charge >= 0.3 is 0 Å². The molecule has 0 aromatic carbocycles. The molecule has 2 rings (SSSR count). The zero-order valence-electron chi connectivity index (χ0n) is 44.4. The molecule has 2 heterocycles. The summed E-state index contributed by atoms with van der Waals surface area (Å²) in [7, 11) is 0. The number of aliphatic hydroxyl groups is 8. The number of carbonyl (C=O) groups excluding carboxylic acids is 1. The molecule has 14 heteroatoms. The number of aliphatic hydroxyl groups excluding tert-OH is 8. The van der Waals surface area contributed by atoms with E-state index in [-0.39, 0.29) is 18.9 Å². The minimum absolute atomic E-state index is 0.252. The van der Waals surface area contributed by atoms with Crippen molar-refractivity contribution in [2.24, 2.45) is 0 Å². The molecule has 12 atom stereocenters. The quantitative estimate of drug-likeness (QED) is 0.0206. The fraction of sp³-hybridized carbons (Fsp3) is 0.776. The van der Waals surface area contributed by atoms with Gasteiger partial charge in [-0.25, -0.2) is 0 Å². The lowest BCUT2D eigenvalue weighted by atomic mass is 9.97. The summed E-state index contributed by atoms with van der Waals surface area (Å²) in [5, 5.41) is 86.9. The molecule has 0 saturated carbocycles. The van der Waals surface area contributed by atoms with Gasteiger partial charge in [-0.05, 0) is 83.5 Å². The molecule has 12 unspecified atom stereocenters. The highest BCUT2D eigenvalue weighted by atomic mass is 16.7. The fourth-order valence-electron chi connectivity index (χ4n) is 8.74. The molecule has 0 spiro atoms. The molecule has 2 aliphatic rings. The first kappa shape index (κ1) is 65.5. The third kappa shape index (κ3) is 29.5. The Bertz CT molecular complexity index is 1480. The van der Waals surface area contributed by atoms with Gasteiger partial charge in [-0.15, -0.1) is 0 Å². The number of nitrogens with one attached hydrogen (secondary N) is 1. The van der Waals surface area contributed by atoms with Crippen LogP contribution in [0.15, 0.2) is 72.9 Å². The average molecular weight is 1020 g/mol. The van der Waals surface area contributed by atoms with E-state index >= 15 is 0 Å². The van der Waals surface area contributed by atoms with Crippen molar-refractivity contribution in [3.05, 3.63) is 72.9 Å². The Morgan fingerprint density at radius 3 is 1.49 bits per heavy atom. The zero-order valence-corrected chi connectivity index (χ0v) is 44.4. The van der Waals surface area contributed by atoms with Crippen molar-refractivity contribution < 1.29 is 64.6 Å². The minimum Gasteiger partial charge on any atom is -0.394 e. The Kier molecular flexibility index (Phi) is 39.7. The number of rotatable bonds is 43. The number of allylic oxidation sites excluding steroid dienone is 11. The predicted octanol–water partition coefficient (Wildman–Crippen LogP) is 8.77. The molecule has 1 amide bonds. The normalized spacial score (nSPS) is 26.1. The molecule has 2 aliphatic heterocycles. The highest BCUT2D eigenvalue weighted by Gasteiger charge is 2.51. The maximum atomic E-state index is 13.2. The van der Waals surface area contributed by atoms with Gasteiger partial charge in [0.2, 0.25) is 5.91 Å². The predicted molar refractivity (Wildman–Crippen MR) is 286 cm³/mol. The summed E-state index contributed by atoms with van der Waals surface area (Å²) in [4.78, 5) is 13.2. The van der Waals surface area contributed by atoms with Gasteiger partial charge in [-0.2, -0.15) is 0 Å². The number of hydrogen-bond donors (Lipinski definition) is 9. The van der Waals surface area contributed by atoms with Crippen molar-refractivity contribution >= 4 is 5.91 Å². The van der Waals surface area contributed by atoms with E-state index in [1.54, 1.807) is 6.08 Å². The van der Waals surface area contributed by atoms with Crippen LogP contribution in [-0.4, -0.2) is 140 Å². The van der Waals surface area contributed by atoms with E-state index < -0.39 is 86.8 Å². The lowest BCUT2D eigenvalue weighted by molar-refractivity contribution is -0.359. The van der Waals surface area contributed by atoms with E-state index in [0.29, 0.717) is 12.8 Å². The van der Waals surface area contributed by atoms with Crippen molar-refractivity contribution in [1.29, 1.82) is 0 Å². The van der Waals surface area contributed by atoms with Gasteiger partial charge in [0.05, 0.1) is 32.0 Å². The Morgan fingerprint density at radius 2 is 0.931 bits per heavy atom. The summed E-state index contributed by atoms with van der Waals surface area (Å²) >= 11 is 0. The number of hydrogen-bond acceptors (Lipinski definition) is 13. The summed E-state index contributed by atoms with van der Waals surface area (Å²) in [6.45, 7) is 2.72. The number of carbonyl (C=O) groups is 1. The van der Waals surface area contributed by atoms with Gasteiger partial charge in [-0.1, -0.05) is 177 Å². The summed E-state index contributed by atoms with van der Waals surface area (Å²) in [5.74, 6) is -0.269. The standard InChI is InChI=1S/C58H101NO13/c1-3-5-7-9-11-13-15-17-19-21-23-25-27-29-31-33-35-37-39-41-47(62)46(59-50(63)42-40-38-36-34-32-30-28-26-24-22-20-18-16-14-12-10-8-6-4-2)45-69-57-55(68)53(66)56(49(44-61)71-57)72-58-54(67)52(65)51(64)48(43-60)70-58/h12,14,18,20,23-26,31,33,39,41,46-49,51-58,60-62,64-68H,3-11,13,15-17,19,21-22,27-30,32,34-38,40,42-45H2,1-2H3,(H,59,63)/b14-12-,20-18-,25-23+,26-24-,33-31+,41-39+. The molecule has 72 heavy (non-hydrogen) atoms. The number of amides is 1. The summed E-state index contributed by atoms with van der Waals surface area (Å²) in [6.07, 6.45) is 39.3. The first-order chi connectivity index (χ1) is 35.1. The molecule has 2 saturated heterocycles. The molecular formula is C58H101NO13. The monoisotopic (exact) mass is 1020 g/mol. The van der Waals surface area contributed by atoms with Crippen LogP contribution in [0.5, 0.6) is 0 Å². The van der Waals surface area contributed by atoms with E-state index in [2.05, 4.69) is 79.9 Å². The lowest BCUT2D eigenvalue weighted by Crippen LogP contribution is -2.65. The van der Waals surface area contributed by atoms with Gasteiger partial charge in [-0.3, -0.25) is 4.79 Å². The van der Waals surface area contributed by atoms with Crippen LogP contribution in [0.1, 0.15) is 194 Å². The second kappa shape index (κ2) is 43.6. The third-order valence-electron chi connectivity index (χ3n) is 13.3. The second-order valence-corrected chi connectivity index (χ2v) is 19.7. The average Bonchev–Trinajstić information content (AvgIpc) is 3.38.